The minimum Gasteiger partial charge on any atom is -0.379 e. The van der Waals surface area contributed by atoms with E-state index < -0.39 is 15.8 Å². The van der Waals surface area contributed by atoms with Gasteiger partial charge in [-0.05, 0) is 51.8 Å². The molecule has 146 valence electrons. The van der Waals surface area contributed by atoms with Gasteiger partial charge in [-0.25, -0.2) is 17.5 Å². The van der Waals surface area contributed by atoms with Gasteiger partial charge in [0.05, 0.1) is 18.1 Å². The van der Waals surface area contributed by atoms with Crippen molar-refractivity contribution in [1.82, 2.24) is 9.62 Å². The standard InChI is InChI=1S/C18H19BrClFN2O3S/c19-16-11-15(21)4-5-18(16)27(24,25)22-12-17(23-6-8-26-9-7-23)13-2-1-3-14(20)10-13/h1-5,10-11,17,22H,6-9,12H2. The summed E-state index contributed by atoms with van der Waals surface area (Å²) in [6, 6.07) is 10.7. The predicted molar refractivity (Wildman–Crippen MR) is 106 cm³/mol. The second-order valence-corrected chi connectivity index (χ2v) is 9.17. The fourth-order valence-electron chi connectivity index (χ4n) is 3.02. The maximum absolute atomic E-state index is 13.3. The van der Waals surface area contributed by atoms with E-state index in [2.05, 4.69) is 25.6 Å². The van der Waals surface area contributed by atoms with Crippen LogP contribution in [0, 0.1) is 5.82 Å². The second-order valence-electron chi connectivity index (χ2n) is 6.15. The summed E-state index contributed by atoms with van der Waals surface area (Å²) in [6.07, 6.45) is 0. The van der Waals surface area contributed by atoms with Crippen LogP contribution >= 0.6 is 27.5 Å². The number of hydrogen-bond donors (Lipinski definition) is 1. The first kappa shape index (κ1) is 20.7. The first-order valence-corrected chi connectivity index (χ1v) is 11.0. The number of nitrogens with one attached hydrogen (secondary N) is 1. The zero-order chi connectivity index (χ0) is 19.4. The highest BCUT2D eigenvalue weighted by atomic mass is 79.9. The summed E-state index contributed by atoms with van der Waals surface area (Å²) < 4.78 is 46.9. The van der Waals surface area contributed by atoms with Gasteiger partial charge in [-0.1, -0.05) is 23.7 Å². The van der Waals surface area contributed by atoms with E-state index in [4.69, 9.17) is 16.3 Å². The Morgan fingerprint density at radius 3 is 2.63 bits per heavy atom. The molecule has 1 heterocycles. The SMILES string of the molecule is O=S(=O)(NCC(c1cccc(Cl)c1)N1CCOCC1)c1ccc(F)cc1Br. The van der Waals surface area contributed by atoms with E-state index in [9.17, 15) is 12.8 Å². The molecule has 0 aromatic heterocycles. The molecule has 0 radical (unpaired) electrons. The van der Waals surface area contributed by atoms with E-state index in [-0.39, 0.29) is 22.0 Å². The molecule has 0 saturated carbocycles. The first-order chi connectivity index (χ1) is 12.9. The molecule has 1 unspecified atom stereocenters. The molecule has 2 aromatic carbocycles. The summed E-state index contributed by atoms with van der Waals surface area (Å²) in [5, 5.41) is 0.592. The smallest absolute Gasteiger partial charge is 0.241 e. The maximum Gasteiger partial charge on any atom is 0.241 e. The Morgan fingerprint density at radius 1 is 1.22 bits per heavy atom. The van der Waals surface area contributed by atoms with Crippen LogP contribution in [0.15, 0.2) is 51.8 Å². The first-order valence-electron chi connectivity index (χ1n) is 8.39. The Labute approximate surface area is 171 Å². The molecule has 0 aliphatic carbocycles. The van der Waals surface area contributed by atoms with Crippen molar-refractivity contribution in [3.05, 3.63) is 63.3 Å². The van der Waals surface area contributed by atoms with E-state index in [1.807, 2.05) is 18.2 Å². The average molecular weight is 478 g/mol. The van der Waals surface area contributed by atoms with Crippen LogP contribution in [0.4, 0.5) is 4.39 Å². The Hall–Kier alpha value is -1.03. The summed E-state index contributed by atoms with van der Waals surface area (Å²) >= 11 is 9.24. The molecular formula is C18H19BrClFN2O3S. The van der Waals surface area contributed by atoms with Crippen molar-refractivity contribution in [1.29, 1.82) is 0 Å². The average Bonchev–Trinajstić information content (AvgIpc) is 2.62. The summed E-state index contributed by atoms with van der Waals surface area (Å²) in [5.74, 6) is -0.508. The fourth-order valence-corrected chi connectivity index (χ4v) is 5.30. The molecular weight excluding hydrogens is 459 g/mol. The highest BCUT2D eigenvalue weighted by Crippen LogP contribution is 2.26. The lowest BCUT2D eigenvalue weighted by atomic mass is 10.1. The number of hydrogen-bond acceptors (Lipinski definition) is 4. The minimum absolute atomic E-state index is 0.00396. The van der Waals surface area contributed by atoms with Gasteiger partial charge in [-0.3, -0.25) is 4.90 Å². The van der Waals surface area contributed by atoms with E-state index in [1.54, 1.807) is 6.07 Å². The number of benzene rings is 2. The topological polar surface area (TPSA) is 58.6 Å². The van der Waals surface area contributed by atoms with Crippen molar-refractivity contribution in [2.24, 2.45) is 0 Å². The van der Waals surface area contributed by atoms with Crippen LogP contribution in [-0.4, -0.2) is 46.2 Å². The predicted octanol–water partition coefficient (Wildman–Crippen LogP) is 3.59. The second kappa shape index (κ2) is 8.98. The lowest BCUT2D eigenvalue weighted by Crippen LogP contribution is -2.43. The highest BCUT2D eigenvalue weighted by molar-refractivity contribution is 9.10. The number of ether oxygens (including phenoxy) is 1. The molecule has 1 atom stereocenters. The van der Waals surface area contributed by atoms with Crippen LogP contribution in [0.25, 0.3) is 0 Å². The van der Waals surface area contributed by atoms with Crippen molar-refractivity contribution < 1.29 is 17.5 Å². The molecule has 1 saturated heterocycles. The summed E-state index contributed by atoms with van der Waals surface area (Å²) in [5.41, 5.74) is 0.922. The largest absolute Gasteiger partial charge is 0.379 e. The zero-order valence-electron chi connectivity index (χ0n) is 14.4. The van der Waals surface area contributed by atoms with Gasteiger partial charge >= 0.3 is 0 Å². The van der Waals surface area contributed by atoms with Crippen molar-refractivity contribution in [3.63, 3.8) is 0 Å². The highest BCUT2D eigenvalue weighted by Gasteiger charge is 2.26. The van der Waals surface area contributed by atoms with E-state index >= 15 is 0 Å². The van der Waals surface area contributed by atoms with Crippen LogP contribution in [0.3, 0.4) is 0 Å². The van der Waals surface area contributed by atoms with Gasteiger partial charge in [0.25, 0.3) is 0 Å². The van der Waals surface area contributed by atoms with E-state index in [0.717, 1.165) is 17.7 Å². The number of rotatable bonds is 6. The van der Waals surface area contributed by atoms with Gasteiger partial charge in [-0.2, -0.15) is 0 Å². The Morgan fingerprint density at radius 2 is 1.96 bits per heavy atom. The van der Waals surface area contributed by atoms with Crippen LogP contribution < -0.4 is 4.72 Å². The molecule has 1 aliphatic rings. The lowest BCUT2D eigenvalue weighted by Gasteiger charge is -2.35. The van der Waals surface area contributed by atoms with Crippen LogP contribution in [0.5, 0.6) is 0 Å². The lowest BCUT2D eigenvalue weighted by molar-refractivity contribution is 0.0172. The van der Waals surface area contributed by atoms with Gasteiger partial charge in [0.15, 0.2) is 0 Å². The third-order valence-electron chi connectivity index (χ3n) is 4.37. The van der Waals surface area contributed by atoms with Gasteiger partial charge < -0.3 is 4.74 Å². The van der Waals surface area contributed by atoms with Gasteiger partial charge in [0, 0.05) is 35.2 Å². The number of halogens is 3. The zero-order valence-corrected chi connectivity index (χ0v) is 17.5. The Bertz CT molecular complexity index is 907. The van der Waals surface area contributed by atoms with Crippen molar-refractivity contribution in [2.45, 2.75) is 10.9 Å². The Kier molecular flexibility index (Phi) is 6.88. The van der Waals surface area contributed by atoms with Crippen molar-refractivity contribution in [3.8, 4) is 0 Å². The van der Waals surface area contributed by atoms with Crippen LogP contribution in [0.2, 0.25) is 5.02 Å². The molecule has 27 heavy (non-hydrogen) atoms. The molecule has 1 N–H and O–H groups in total. The molecule has 0 amide bonds. The monoisotopic (exact) mass is 476 g/mol. The number of sulfonamides is 1. The molecule has 1 aliphatic heterocycles. The van der Waals surface area contributed by atoms with E-state index in [1.165, 1.54) is 6.07 Å². The molecule has 5 nitrogen and oxygen atoms in total. The molecule has 9 heteroatoms. The van der Waals surface area contributed by atoms with Crippen molar-refractivity contribution >= 4 is 37.6 Å². The quantitative estimate of drug-likeness (QED) is 0.691. The molecule has 0 bridgehead atoms. The Balaban J connectivity index is 1.83. The van der Waals surface area contributed by atoms with Crippen LogP contribution in [-0.2, 0) is 14.8 Å². The van der Waals surface area contributed by atoms with Gasteiger partial charge in [0.2, 0.25) is 10.0 Å². The van der Waals surface area contributed by atoms with E-state index in [0.29, 0.717) is 31.3 Å². The number of morpholine rings is 1. The van der Waals surface area contributed by atoms with Crippen LogP contribution in [0.1, 0.15) is 11.6 Å². The minimum atomic E-state index is -3.81. The summed E-state index contributed by atoms with van der Waals surface area (Å²) in [7, 11) is -3.81. The summed E-state index contributed by atoms with van der Waals surface area (Å²) in [6.45, 7) is 2.73. The normalized spacial score (nSPS) is 17.0. The molecule has 3 rings (SSSR count). The van der Waals surface area contributed by atoms with Crippen molar-refractivity contribution in [2.75, 3.05) is 32.8 Å². The van der Waals surface area contributed by atoms with Gasteiger partial charge in [-0.15, -0.1) is 0 Å². The molecule has 0 spiro atoms. The fraction of sp³-hybridized carbons (Fsp3) is 0.333. The third-order valence-corrected chi connectivity index (χ3v) is 7.01. The summed E-state index contributed by atoms with van der Waals surface area (Å²) in [4.78, 5) is 2.16. The number of nitrogens with zero attached hydrogens (tertiary/aromatic N) is 1. The maximum atomic E-state index is 13.3. The van der Waals surface area contributed by atoms with Gasteiger partial charge in [0.1, 0.15) is 5.82 Å². The molecule has 1 fully saturated rings. The third kappa shape index (κ3) is 5.28. The molecule has 2 aromatic rings.